The molecule has 1 heterocycles. The van der Waals surface area contributed by atoms with Crippen molar-refractivity contribution in [1.82, 2.24) is 4.90 Å². The fraction of sp³-hybridized carbons (Fsp3) is 0.562. The molecule has 4 unspecified atom stereocenters. The maximum Gasteiger partial charge on any atom is 0.226 e. The van der Waals surface area contributed by atoms with E-state index in [4.69, 9.17) is 0 Å². The molecule has 1 saturated heterocycles. The van der Waals surface area contributed by atoms with Crippen LogP contribution in [0.3, 0.4) is 0 Å². The highest BCUT2D eigenvalue weighted by Crippen LogP contribution is 2.48. The summed E-state index contributed by atoms with van der Waals surface area (Å²) in [6, 6.07) is 10.3. The van der Waals surface area contributed by atoms with Crippen LogP contribution < -0.4 is 0 Å². The van der Waals surface area contributed by atoms with Gasteiger partial charge in [-0.15, -0.1) is 0 Å². The summed E-state index contributed by atoms with van der Waals surface area (Å²) < 4.78 is 0. The van der Waals surface area contributed by atoms with Gasteiger partial charge in [0.2, 0.25) is 5.91 Å². The van der Waals surface area contributed by atoms with E-state index in [9.17, 15) is 9.90 Å². The van der Waals surface area contributed by atoms with E-state index in [1.807, 2.05) is 23.1 Å². The molecule has 3 rings (SSSR count). The molecule has 19 heavy (non-hydrogen) atoms. The summed E-state index contributed by atoms with van der Waals surface area (Å²) in [6.45, 7) is 3.36. The Balaban J connectivity index is 1.61. The Morgan fingerprint density at radius 3 is 2.74 bits per heavy atom. The second-order valence-electron chi connectivity index (χ2n) is 5.98. The van der Waals surface area contributed by atoms with Crippen molar-refractivity contribution in [2.24, 2.45) is 11.8 Å². The van der Waals surface area contributed by atoms with Gasteiger partial charge in [0.1, 0.15) is 0 Å². The van der Waals surface area contributed by atoms with Crippen molar-refractivity contribution in [2.45, 2.75) is 31.8 Å². The highest BCUT2D eigenvalue weighted by atomic mass is 16.3. The van der Waals surface area contributed by atoms with Crippen LogP contribution in [0.15, 0.2) is 30.3 Å². The lowest BCUT2D eigenvalue weighted by atomic mass is 9.95. The molecule has 2 aliphatic rings. The smallest absolute Gasteiger partial charge is 0.226 e. The van der Waals surface area contributed by atoms with Gasteiger partial charge >= 0.3 is 0 Å². The van der Waals surface area contributed by atoms with Crippen LogP contribution in [0, 0.1) is 11.8 Å². The minimum absolute atomic E-state index is 0.142. The minimum atomic E-state index is -0.355. The molecule has 1 amide bonds. The Kier molecular flexibility index (Phi) is 3.31. The number of nitrogens with zero attached hydrogens (tertiary/aromatic N) is 1. The van der Waals surface area contributed by atoms with Crippen LogP contribution in [0.1, 0.15) is 31.2 Å². The van der Waals surface area contributed by atoms with E-state index in [1.54, 1.807) is 0 Å². The van der Waals surface area contributed by atoms with Crippen molar-refractivity contribution in [1.29, 1.82) is 0 Å². The van der Waals surface area contributed by atoms with E-state index in [0.717, 1.165) is 19.4 Å². The summed E-state index contributed by atoms with van der Waals surface area (Å²) in [6.07, 6.45) is 1.52. The van der Waals surface area contributed by atoms with Gasteiger partial charge in [-0.25, -0.2) is 0 Å². The number of hydrogen-bond donors (Lipinski definition) is 1. The van der Waals surface area contributed by atoms with Crippen molar-refractivity contribution < 1.29 is 9.90 Å². The molecule has 1 saturated carbocycles. The van der Waals surface area contributed by atoms with Gasteiger partial charge in [-0.1, -0.05) is 37.3 Å². The Hall–Kier alpha value is -1.35. The largest absolute Gasteiger partial charge is 0.391 e. The molecule has 1 aromatic rings. The van der Waals surface area contributed by atoms with Gasteiger partial charge < -0.3 is 10.0 Å². The van der Waals surface area contributed by atoms with Crippen LogP contribution in [0.5, 0.6) is 0 Å². The van der Waals surface area contributed by atoms with Crippen LogP contribution in [0.25, 0.3) is 0 Å². The average Bonchev–Trinajstić information content (AvgIpc) is 3.22. The third-order valence-corrected chi connectivity index (χ3v) is 4.57. The highest BCUT2D eigenvalue weighted by Gasteiger charge is 2.46. The maximum atomic E-state index is 12.4. The number of piperidine rings is 1. The number of β-amino-alcohol motifs (C(OH)–C–C–N with tert-alkyl or cyclic N) is 1. The standard InChI is InChI=1S/C16H21NO2/c1-11-7-8-17(10-15(11)18)16(19)14-9-13(14)12-5-3-2-4-6-12/h2-6,11,13-15,18H,7-10H2,1H3. The quantitative estimate of drug-likeness (QED) is 0.882. The number of carbonyl (C=O) groups excluding carboxylic acids is 1. The molecule has 0 radical (unpaired) electrons. The number of benzene rings is 1. The van der Waals surface area contributed by atoms with E-state index in [2.05, 4.69) is 19.1 Å². The first-order valence-electron chi connectivity index (χ1n) is 7.18. The zero-order chi connectivity index (χ0) is 13.4. The third kappa shape index (κ3) is 2.52. The van der Waals surface area contributed by atoms with E-state index in [-0.39, 0.29) is 17.9 Å². The number of likely N-dealkylation sites (tertiary alicyclic amines) is 1. The Labute approximate surface area is 114 Å². The van der Waals surface area contributed by atoms with Gasteiger partial charge in [-0.05, 0) is 30.2 Å². The first kappa shape index (κ1) is 12.7. The molecule has 2 fully saturated rings. The van der Waals surface area contributed by atoms with Crippen molar-refractivity contribution in [2.75, 3.05) is 13.1 Å². The highest BCUT2D eigenvalue weighted by molar-refractivity contribution is 5.83. The summed E-state index contributed by atoms with van der Waals surface area (Å²) in [4.78, 5) is 14.3. The normalized spacial score (nSPS) is 34.1. The molecular weight excluding hydrogens is 238 g/mol. The molecule has 1 aliphatic heterocycles. The Bertz CT molecular complexity index is 459. The predicted octanol–water partition coefficient (Wildman–Crippen LogP) is 2.02. The lowest BCUT2D eigenvalue weighted by Crippen LogP contribution is -2.46. The van der Waals surface area contributed by atoms with E-state index >= 15 is 0 Å². The SMILES string of the molecule is CC1CCN(C(=O)C2CC2c2ccccc2)CC1O. The third-order valence-electron chi connectivity index (χ3n) is 4.57. The Morgan fingerprint density at radius 2 is 2.05 bits per heavy atom. The number of amides is 1. The first-order chi connectivity index (χ1) is 9.16. The number of hydrogen-bond acceptors (Lipinski definition) is 2. The fourth-order valence-electron chi connectivity index (χ4n) is 3.02. The molecule has 4 atom stereocenters. The van der Waals surface area contributed by atoms with Crippen LogP contribution in [-0.2, 0) is 4.79 Å². The monoisotopic (exact) mass is 259 g/mol. The zero-order valence-electron chi connectivity index (χ0n) is 11.3. The molecule has 0 bridgehead atoms. The second-order valence-corrected chi connectivity index (χ2v) is 5.98. The molecule has 1 aromatic carbocycles. The van der Waals surface area contributed by atoms with Gasteiger partial charge in [0, 0.05) is 19.0 Å². The van der Waals surface area contributed by atoms with E-state index < -0.39 is 0 Å². The lowest BCUT2D eigenvalue weighted by molar-refractivity contribution is -0.136. The van der Waals surface area contributed by atoms with Gasteiger partial charge in [-0.2, -0.15) is 0 Å². The van der Waals surface area contributed by atoms with Gasteiger partial charge in [0.15, 0.2) is 0 Å². The van der Waals surface area contributed by atoms with Gasteiger partial charge in [0.25, 0.3) is 0 Å². The van der Waals surface area contributed by atoms with Crippen molar-refractivity contribution in [3.8, 4) is 0 Å². The second kappa shape index (κ2) is 4.97. The minimum Gasteiger partial charge on any atom is -0.391 e. The summed E-state index contributed by atoms with van der Waals surface area (Å²) in [7, 11) is 0. The van der Waals surface area contributed by atoms with Gasteiger partial charge in [0.05, 0.1) is 6.10 Å². The lowest BCUT2D eigenvalue weighted by Gasteiger charge is -2.34. The average molecular weight is 259 g/mol. The molecule has 0 spiro atoms. The zero-order valence-corrected chi connectivity index (χ0v) is 11.3. The maximum absolute atomic E-state index is 12.4. The molecule has 1 N–H and O–H groups in total. The number of aliphatic hydroxyl groups excluding tert-OH is 1. The Morgan fingerprint density at radius 1 is 1.32 bits per heavy atom. The van der Waals surface area contributed by atoms with Crippen molar-refractivity contribution >= 4 is 5.91 Å². The van der Waals surface area contributed by atoms with Crippen molar-refractivity contribution in [3.63, 3.8) is 0 Å². The fourth-order valence-corrected chi connectivity index (χ4v) is 3.02. The molecule has 1 aliphatic carbocycles. The number of carbonyl (C=O) groups is 1. The van der Waals surface area contributed by atoms with Crippen LogP contribution in [0.2, 0.25) is 0 Å². The number of rotatable bonds is 2. The van der Waals surface area contributed by atoms with E-state index in [1.165, 1.54) is 5.56 Å². The predicted molar refractivity (Wildman–Crippen MR) is 73.7 cm³/mol. The van der Waals surface area contributed by atoms with Crippen LogP contribution in [-0.4, -0.2) is 35.1 Å². The summed E-state index contributed by atoms with van der Waals surface area (Å²) >= 11 is 0. The van der Waals surface area contributed by atoms with E-state index in [0.29, 0.717) is 18.4 Å². The molecule has 3 heteroatoms. The van der Waals surface area contributed by atoms with Gasteiger partial charge in [-0.3, -0.25) is 4.79 Å². The summed E-state index contributed by atoms with van der Waals surface area (Å²) in [5, 5.41) is 9.89. The topological polar surface area (TPSA) is 40.5 Å². The van der Waals surface area contributed by atoms with Crippen molar-refractivity contribution in [3.05, 3.63) is 35.9 Å². The van der Waals surface area contributed by atoms with Crippen LogP contribution in [0.4, 0.5) is 0 Å². The molecule has 102 valence electrons. The number of aliphatic hydroxyl groups is 1. The molecular formula is C16H21NO2. The summed E-state index contributed by atoms with van der Waals surface area (Å²) in [5.41, 5.74) is 1.27. The summed E-state index contributed by atoms with van der Waals surface area (Å²) in [5.74, 6) is 1.08. The molecule has 3 nitrogen and oxygen atoms in total. The van der Waals surface area contributed by atoms with Crippen LogP contribution >= 0.6 is 0 Å². The molecule has 0 aromatic heterocycles. The first-order valence-corrected chi connectivity index (χ1v) is 7.18.